The molecule has 4 N–H and O–H groups in total. The average Bonchev–Trinajstić information content (AvgIpc) is 2.28. The fourth-order valence-electron chi connectivity index (χ4n) is 1.18. The molecule has 0 aromatic heterocycles. The number of hydrogen-bond acceptors (Lipinski definition) is 4. The van der Waals surface area contributed by atoms with Crippen molar-refractivity contribution in [3.05, 3.63) is 24.0 Å². The number of anilines is 1. The third kappa shape index (κ3) is 3.97. The average molecular weight is 275 g/mol. The number of halogens is 1. The summed E-state index contributed by atoms with van der Waals surface area (Å²) in [6, 6.07) is 3.23. The molecule has 0 bridgehead atoms. The van der Waals surface area contributed by atoms with Crippen molar-refractivity contribution in [3.8, 4) is 0 Å². The van der Waals surface area contributed by atoms with Gasteiger partial charge in [0.15, 0.2) is 0 Å². The fourth-order valence-corrected chi connectivity index (χ4v) is 2.23. The molecule has 0 fully saturated rings. The molecule has 0 saturated carbocycles. The quantitative estimate of drug-likeness (QED) is 0.512. The highest BCUT2D eigenvalue weighted by molar-refractivity contribution is 7.89. The van der Waals surface area contributed by atoms with Gasteiger partial charge in [0, 0.05) is 20.0 Å². The molecule has 0 radical (unpaired) electrons. The molecule has 6 nitrogen and oxygen atoms in total. The Morgan fingerprint density at radius 3 is 2.61 bits per heavy atom. The van der Waals surface area contributed by atoms with Gasteiger partial charge in [-0.1, -0.05) is 0 Å². The number of carbonyl (C=O) groups excluding carboxylic acids is 1. The van der Waals surface area contributed by atoms with Gasteiger partial charge in [0.25, 0.3) is 0 Å². The number of nitrogens with one attached hydrogen (secondary N) is 2. The fraction of sp³-hybridized carbons (Fsp3) is 0.300. The van der Waals surface area contributed by atoms with Crippen molar-refractivity contribution >= 4 is 21.6 Å². The first-order chi connectivity index (χ1) is 8.33. The molecule has 0 aliphatic heterocycles. The summed E-state index contributed by atoms with van der Waals surface area (Å²) in [6.45, 7) is 1.50. The molecule has 0 aliphatic carbocycles. The van der Waals surface area contributed by atoms with Crippen molar-refractivity contribution in [1.29, 1.82) is 0 Å². The monoisotopic (exact) mass is 275 g/mol. The molecule has 18 heavy (non-hydrogen) atoms. The van der Waals surface area contributed by atoms with Gasteiger partial charge in [-0.2, -0.15) is 0 Å². The van der Waals surface area contributed by atoms with Gasteiger partial charge in [0.2, 0.25) is 15.9 Å². The molecule has 0 saturated heterocycles. The number of nitrogen functional groups attached to an aromatic ring is 1. The standard InChI is InChI=1S/C10H14FN3O3S/c1-7(15)13-4-5-14-18(16,17)8-2-3-10(12)9(11)6-8/h2-3,6,14H,4-5,12H2,1H3,(H,13,15). The van der Waals surface area contributed by atoms with E-state index in [0.717, 1.165) is 6.07 Å². The minimum Gasteiger partial charge on any atom is -0.396 e. The highest BCUT2D eigenvalue weighted by Gasteiger charge is 2.14. The van der Waals surface area contributed by atoms with Crippen molar-refractivity contribution < 1.29 is 17.6 Å². The summed E-state index contributed by atoms with van der Waals surface area (Å²) in [5, 5.41) is 2.43. The van der Waals surface area contributed by atoms with Crippen LogP contribution in [0.5, 0.6) is 0 Å². The lowest BCUT2D eigenvalue weighted by Gasteiger charge is -2.07. The van der Waals surface area contributed by atoms with Gasteiger partial charge in [0.1, 0.15) is 5.82 Å². The van der Waals surface area contributed by atoms with Crippen LogP contribution in [-0.2, 0) is 14.8 Å². The van der Waals surface area contributed by atoms with Crippen molar-refractivity contribution in [2.45, 2.75) is 11.8 Å². The van der Waals surface area contributed by atoms with Crippen LogP contribution >= 0.6 is 0 Å². The molecule has 0 unspecified atom stereocenters. The Morgan fingerprint density at radius 2 is 2.06 bits per heavy atom. The van der Waals surface area contributed by atoms with Crippen molar-refractivity contribution in [2.24, 2.45) is 0 Å². The van der Waals surface area contributed by atoms with E-state index in [4.69, 9.17) is 5.73 Å². The molecule has 0 atom stereocenters. The Labute approximate surface area is 104 Å². The van der Waals surface area contributed by atoms with E-state index in [1.807, 2.05) is 0 Å². The SMILES string of the molecule is CC(=O)NCCNS(=O)(=O)c1ccc(N)c(F)c1. The molecule has 0 aliphatic rings. The molecule has 8 heteroatoms. The first-order valence-corrected chi connectivity index (χ1v) is 6.60. The van der Waals surface area contributed by atoms with E-state index in [-0.39, 0.29) is 29.6 Å². The lowest BCUT2D eigenvalue weighted by Crippen LogP contribution is -2.33. The third-order valence-electron chi connectivity index (χ3n) is 2.07. The van der Waals surface area contributed by atoms with Gasteiger partial charge in [-0.15, -0.1) is 0 Å². The largest absolute Gasteiger partial charge is 0.396 e. The Bertz CT molecular complexity index is 545. The maximum Gasteiger partial charge on any atom is 0.240 e. The number of amides is 1. The minimum atomic E-state index is -3.79. The Hall–Kier alpha value is -1.67. The zero-order valence-electron chi connectivity index (χ0n) is 9.73. The van der Waals surface area contributed by atoms with Crippen molar-refractivity contribution in [1.82, 2.24) is 10.0 Å². The second kappa shape index (κ2) is 5.78. The Balaban J connectivity index is 2.68. The van der Waals surface area contributed by atoms with Gasteiger partial charge in [-0.3, -0.25) is 4.79 Å². The first kappa shape index (κ1) is 14.4. The van der Waals surface area contributed by atoms with E-state index in [0.29, 0.717) is 0 Å². The van der Waals surface area contributed by atoms with E-state index in [1.165, 1.54) is 19.1 Å². The molecular formula is C10H14FN3O3S. The summed E-state index contributed by atoms with van der Waals surface area (Å²) in [5.74, 6) is -1.05. The highest BCUT2D eigenvalue weighted by atomic mass is 32.2. The van der Waals surface area contributed by atoms with Gasteiger partial charge in [-0.25, -0.2) is 17.5 Å². The smallest absolute Gasteiger partial charge is 0.240 e. The minimum absolute atomic E-state index is 0.0217. The predicted molar refractivity (Wildman–Crippen MR) is 64.7 cm³/mol. The number of carbonyl (C=O) groups is 1. The highest BCUT2D eigenvalue weighted by Crippen LogP contribution is 2.15. The van der Waals surface area contributed by atoms with Crippen molar-refractivity contribution in [3.63, 3.8) is 0 Å². The molecule has 1 rings (SSSR count). The molecular weight excluding hydrogens is 261 g/mol. The summed E-state index contributed by atoms with van der Waals surface area (Å²) < 4.78 is 38.8. The van der Waals surface area contributed by atoms with Crippen LogP contribution in [0.1, 0.15) is 6.92 Å². The summed E-state index contributed by atoms with van der Waals surface area (Å²) >= 11 is 0. The second-order valence-electron chi connectivity index (χ2n) is 3.56. The number of sulfonamides is 1. The van der Waals surface area contributed by atoms with Crippen molar-refractivity contribution in [2.75, 3.05) is 18.8 Å². The third-order valence-corrected chi connectivity index (χ3v) is 3.53. The molecule has 0 spiro atoms. The van der Waals surface area contributed by atoms with Gasteiger partial charge >= 0.3 is 0 Å². The maximum absolute atomic E-state index is 13.1. The lowest BCUT2D eigenvalue weighted by molar-refractivity contribution is -0.118. The van der Waals surface area contributed by atoms with Crippen LogP contribution in [0.2, 0.25) is 0 Å². The van der Waals surface area contributed by atoms with Gasteiger partial charge < -0.3 is 11.1 Å². The predicted octanol–water partition coefficient (Wildman–Crippen LogP) is -0.178. The van der Waals surface area contributed by atoms with E-state index in [9.17, 15) is 17.6 Å². The van der Waals surface area contributed by atoms with E-state index in [2.05, 4.69) is 10.0 Å². The number of benzene rings is 1. The Kier molecular flexibility index (Phi) is 4.62. The zero-order chi connectivity index (χ0) is 13.8. The summed E-state index contributed by atoms with van der Waals surface area (Å²) in [5.41, 5.74) is 5.13. The van der Waals surface area contributed by atoms with Crippen LogP contribution in [0.4, 0.5) is 10.1 Å². The second-order valence-corrected chi connectivity index (χ2v) is 5.33. The van der Waals surface area contributed by atoms with Gasteiger partial charge in [-0.05, 0) is 18.2 Å². The topological polar surface area (TPSA) is 101 Å². The number of nitrogens with two attached hydrogens (primary N) is 1. The van der Waals surface area contributed by atoms with Crippen LogP contribution in [-0.4, -0.2) is 27.4 Å². The Morgan fingerprint density at radius 1 is 1.39 bits per heavy atom. The molecule has 1 aromatic rings. The maximum atomic E-state index is 13.1. The van der Waals surface area contributed by atoms with Crippen LogP contribution < -0.4 is 15.8 Å². The normalized spacial score (nSPS) is 11.2. The van der Waals surface area contributed by atoms with E-state index >= 15 is 0 Å². The lowest BCUT2D eigenvalue weighted by atomic mass is 10.3. The molecule has 1 aromatic carbocycles. The number of hydrogen-bond donors (Lipinski definition) is 3. The number of rotatable bonds is 5. The summed E-state index contributed by atoms with van der Waals surface area (Å²) in [6.07, 6.45) is 0. The first-order valence-electron chi connectivity index (χ1n) is 5.12. The summed E-state index contributed by atoms with van der Waals surface area (Å²) in [4.78, 5) is 10.4. The van der Waals surface area contributed by atoms with Crippen LogP contribution in [0.3, 0.4) is 0 Å². The van der Waals surface area contributed by atoms with Crippen LogP contribution in [0, 0.1) is 5.82 Å². The molecule has 0 heterocycles. The van der Waals surface area contributed by atoms with Gasteiger partial charge in [0.05, 0.1) is 10.6 Å². The van der Waals surface area contributed by atoms with E-state index < -0.39 is 15.8 Å². The molecule has 100 valence electrons. The van der Waals surface area contributed by atoms with Crippen LogP contribution in [0.15, 0.2) is 23.1 Å². The van der Waals surface area contributed by atoms with Crippen LogP contribution in [0.25, 0.3) is 0 Å². The van der Waals surface area contributed by atoms with E-state index in [1.54, 1.807) is 0 Å². The summed E-state index contributed by atoms with van der Waals surface area (Å²) in [7, 11) is -3.79. The molecule has 1 amide bonds. The zero-order valence-corrected chi connectivity index (χ0v) is 10.6.